The van der Waals surface area contributed by atoms with E-state index < -0.39 is 11.6 Å². The second-order valence-electron chi connectivity index (χ2n) is 4.79. The minimum atomic E-state index is -0.471. The molecule has 6 heteroatoms. The molecule has 0 spiro atoms. The van der Waals surface area contributed by atoms with Crippen LogP contribution in [0.25, 0.3) is 22.6 Å². The molecule has 1 aliphatic carbocycles. The summed E-state index contributed by atoms with van der Waals surface area (Å²) in [6.45, 7) is 4.76. The van der Waals surface area contributed by atoms with Crippen molar-refractivity contribution < 1.29 is 13.2 Å². The highest BCUT2D eigenvalue weighted by Crippen LogP contribution is 2.27. The van der Waals surface area contributed by atoms with Crippen molar-refractivity contribution in [2.24, 2.45) is 4.99 Å². The highest BCUT2D eigenvalue weighted by molar-refractivity contribution is 5.80. The zero-order valence-corrected chi connectivity index (χ0v) is 12.3. The summed E-state index contributed by atoms with van der Waals surface area (Å²) in [6, 6.07) is 5.60. The van der Waals surface area contributed by atoms with Crippen molar-refractivity contribution >= 4 is 16.8 Å². The molecule has 0 amide bonds. The summed E-state index contributed by atoms with van der Waals surface area (Å²) in [7, 11) is 0. The molecule has 4 nitrogen and oxygen atoms in total. The summed E-state index contributed by atoms with van der Waals surface area (Å²) < 4.78 is 33.5. The minimum Gasteiger partial charge on any atom is -0.453 e. The van der Waals surface area contributed by atoms with Gasteiger partial charge in [0.25, 0.3) is 0 Å². The molecule has 0 saturated heterocycles. The molecule has 0 aromatic heterocycles. The quantitative estimate of drug-likeness (QED) is 0.753. The second kappa shape index (κ2) is 5.71. The van der Waals surface area contributed by atoms with E-state index in [1.807, 2.05) is 13.8 Å². The van der Waals surface area contributed by atoms with Crippen molar-refractivity contribution in [2.45, 2.75) is 13.8 Å². The predicted molar refractivity (Wildman–Crippen MR) is 80.8 cm³/mol. The first-order valence-electron chi connectivity index (χ1n) is 7.10. The number of aromatic nitrogens is 1. The highest BCUT2D eigenvalue weighted by Gasteiger charge is 2.14. The molecular formula is C16H15F2N3O. The normalized spacial score (nSPS) is 12.3. The molecule has 0 bridgehead atoms. The van der Waals surface area contributed by atoms with E-state index in [0.717, 1.165) is 0 Å². The Morgan fingerprint density at radius 1 is 1.14 bits per heavy atom. The third-order valence-electron chi connectivity index (χ3n) is 3.23. The first-order chi connectivity index (χ1) is 10.6. The molecule has 1 N–H and O–H groups in total. The van der Waals surface area contributed by atoms with E-state index >= 15 is 0 Å². The maximum absolute atomic E-state index is 13.9. The molecule has 1 aliphatic heterocycles. The molecule has 0 fully saturated rings. The van der Waals surface area contributed by atoms with Gasteiger partial charge in [0, 0.05) is 37.4 Å². The molecule has 0 atom stereocenters. The number of fused-ring (bicyclic) bond motifs is 2. The van der Waals surface area contributed by atoms with Crippen LogP contribution in [0.2, 0.25) is 0 Å². The van der Waals surface area contributed by atoms with Crippen LogP contribution in [0.3, 0.4) is 0 Å². The van der Waals surface area contributed by atoms with Crippen molar-refractivity contribution in [2.75, 3.05) is 18.4 Å². The van der Waals surface area contributed by atoms with Gasteiger partial charge in [0.1, 0.15) is 17.0 Å². The van der Waals surface area contributed by atoms with Gasteiger partial charge in [0.15, 0.2) is 17.2 Å². The third-order valence-corrected chi connectivity index (χ3v) is 3.23. The fraction of sp³-hybridized carbons (Fsp3) is 0.250. The fourth-order valence-corrected chi connectivity index (χ4v) is 2.28. The van der Waals surface area contributed by atoms with Gasteiger partial charge in [-0.2, -0.15) is 0 Å². The molecule has 1 aromatic carbocycles. The number of anilines is 1. The molecule has 114 valence electrons. The van der Waals surface area contributed by atoms with E-state index in [4.69, 9.17) is 4.42 Å². The van der Waals surface area contributed by atoms with Crippen LogP contribution < -0.4 is 10.7 Å². The molecule has 0 unspecified atom stereocenters. The predicted octanol–water partition coefficient (Wildman–Crippen LogP) is 3.56. The lowest BCUT2D eigenvalue weighted by atomic mass is 10.2. The van der Waals surface area contributed by atoms with E-state index in [-0.39, 0.29) is 5.36 Å². The third kappa shape index (κ3) is 2.52. The van der Waals surface area contributed by atoms with Crippen LogP contribution in [0, 0.1) is 11.6 Å². The standard InChI is InChI=1S/C16H15F2N3O/c1-3-19-11-7-15-13(5-9(11)17)21-14-6-10(18)12(20-4-2)8-16(14)22-15/h5-8,19H,3-4H2,1-2H3. The zero-order chi connectivity index (χ0) is 15.7. The molecule has 22 heavy (non-hydrogen) atoms. The highest BCUT2D eigenvalue weighted by atomic mass is 19.1. The van der Waals surface area contributed by atoms with Crippen LogP contribution in [-0.4, -0.2) is 18.1 Å². The Morgan fingerprint density at radius 3 is 2.68 bits per heavy atom. The van der Waals surface area contributed by atoms with Crippen molar-refractivity contribution in [1.82, 2.24) is 4.98 Å². The van der Waals surface area contributed by atoms with E-state index in [1.165, 1.54) is 18.2 Å². The van der Waals surface area contributed by atoms with E-state index in [0.29, 0.717) is 41.3 Å². The Labute approximate surface area is 125 Å². The van der Waals surface area contributed by atoms with Gasteiger partial charge in [-0.25, -0.2) is 13.8 Å². The van der Waals surface area contributed by atoms with E-state index in [2.05, 4.69) is 15.3 Å². The number of rotatable bonds is 3. The summed E-state index contributed by atoms with van der Waals surface area (Å²) in [5, 5.41) is 3.15. The van der Waals surface area contributed by atoms with Gasteiger partial charge in [-0.1, -0.05) is 0 Å². The van der Waals surface area contributed by atoms with Gasteiger partial charge < -0.3 is 9.73 Å². The Morgan fingerprint density at radius 2 is 1.95 bits per heavy atom. The topological polar surface area (TPSA) is 50.4 Å². The molecule has 0 radical (unpaired) electrons. The summed E-state index contributed by atoms with van der Waals surface area (Å²) in [4.78, 5) is 8.32. The Balaban J connectivity index is 2.28. The minimum absolute atomic E-state index is 0.230. The van der Waals surface area contributed by atoms with Crippen LogP contribution in [0.15, 0.2) is 33.7 Å². The molecular weight excluding hydrogens is 288 g/mol. The number of benzene rings is 2. The summed E-state index contributed by atoms with van der Waals surface area (Å²) in [6.07, 6.45) is 0. The van der Waals surface area contributed by atoms with Crippen LogP contribution >= 0.6 is 0 Å². The molecule has 2 aliphatic rings. The zero-order valence-electron chi connectivity index (χ0n) is 12.3. The van der Waals surface area contributed by atoms with Crippen molar-refractivity contribution in [3.8, 4) is 11.5 Å². The smallest absolute Gasteiger partial charge is 0.155 e. The first-order valence-corrected chi connectivity index (χ1v) is 7.10. The van der Waals surface area contributed by atoms with Gasteiger partial charge in [0.05, 0.1) is 11.0 Å². The first kappa shape index (κ1) is 14.4. The SMILES string of the molecule is CCN=c1cc2oc3cc(NCC)c(F)cc3nc-2cc1F. The van der Waals surface area contributed by atoms with Gasteiger partial charge >= 0.3 is 0 Å². The summed E-state index contributed by atoms with van der Waals surface area (Å²) in [5.41, 5.74) is 1.45. The van der Waals surface area contributed by atoms with Crippen molar-refractivity contribution in [1.29, 1.82) is 0 Å². The average molecular weight is 303 g/mol. The van der Waals surface area contributed by atoms with Crippen LogP contribution in [0.5, 0.6) is 0 Å². The fourth-order valence-electron chi connectivity index (χ4n) is 2.28. The van der Waals surface area contributed by atoms with Crippen LogP contribution in [0.4, 0.5) is 14.5 Å². The molecule has 0 saturated carbocycles. The average Bonchev–Trinajstić information content (AvgIpc) is 2.48. The van der Waals surface area contributed by atoms with Crippen molar-refractivity contribution in [3.05, 3.63) is 41.3 Å². The number of hydrogen-bond acceptors (Lipinski definition) is 4. The van der Waals surface area contributed by atoms with Crippen LogP contribution in [-0.2, 0) is 0 Å². The number of nitrogens with one attached hydrogen (secondary N) is 1. The Kier molecular flexibility index (Phi) is 3.75. The van der Waals surface area contributed by atoms with Gasteiger partial charge in [-0.15, -0.1) is 0 Å². The number of halogens is 2. The van der Waals surface area contributed by atoms with Gasteiger partial charge in [-0.3, -0.25) is 4.99 Å². The lowest BCUT2D eigenvalue weighted by Crippen LogP contribution is -2.10. The van der Waals surface area contributed by atoms with E-state index in [9.17, 15) is 8.78 Å². The number of nitrogens with zero attached hydrogens (tertiary/aromatic N) is 2. The maximum Gasteiger partial charge on any atom is 0.155 e. The monoisotopic (exact) mass is 303 g/mol. The lowest BCUT2D eigenvalue weighted by molar-refractivity contribution is 0.585. The second-order valence-corrected chi connectivity index (χ2v) is 4.79. The molecule has 1 aromatic rings. The van der Waals surface area contributed by atoms with Gasteiger partial charge in [0.2, 0.25) is 0 Å². The van der Waals surface area contributed by atoms with Crippen LogP contribution in [0.1, 0.15) is 13.8 Å². The number of hydrogen-bond donors (Lipinski definition) is 1. The lowest BCUT2D eigenvalue weighted by Gasteiger charge is -2.09. The molecule has 1 heterocycles. The Bertz CT molecular complexity index is 873. The summed E-state index contributed by atoms with van der Waals surface area (Å²) in [5.74, 6) is -0.481. The maximum atomic E-state index is 13.9. The largest absolute Gasteiger partial charge is 0.453 e. The molecule has 3 rings (SSSR count). The van der Waals surface area contributed by atoms with Crippen molar-refractivity contribution in [3.63, 3.8) is 0 Å². The Hall–Kier alpha value is -2.50. The van der Waals surface area contributed by atoms with Gasteiger partial charge in [-0.05, 0) is 13.8 Å². The van der Waals surface area contributed by atoms with E-state index in [1.54, 1.807) is 6.07 Å². The summed E-state index contributed by atoms with van der Waals surface area (Å²) >= 11 is 0.